The molecule has 0 saturated carbocycles. The van der Waals surface area contributed by atoms with Crippen LogP contribution in [-0.4, -0.2) is 12.6 Å². The van der Waals surface area contributed by atoms with E-state index in [4.69, 9.17) is 4.74 Å². The van der Waals surface area contributed by atoms with Crippen molar-refractivity contribution in [2.75, 3.05) is 6.61 Å². The summed E-state index contributed by atoms with van der Waals surface area (Å²) in [5.41, 5.74) is 2.14. The van der Waals surface area contributed by atoms with Crippen LogP contribution in [0, 0.1) is 0 Å². The Balaban J connectivity index is 2.78. The molecule has 0 N–H and O–H groups in total. The Morgan fingerprint density at radius 3 is 2.44 bits per heavy atom. The second-order valence-electron chi connectivity index (χ2n) is 3.91. The predicted octanol–water partition coefficient (Wildman–Crippen LogP) is 4.08. The van der Waals surface area contributed by atoms with Gasteiger partial charge in [0.05, 0.1) is 6.61 Å². The molecule has 96 valence electrons. The van der Waals surface area contributed by atoms with Crippen molar-refractivity contribution in [1.82, 2.24) is 0 Å². The lowest BCUT2D eigenvalue weighted by Crippen LogP contribution is -1.98. The molecule has 1 rings (SSSR count). The average molecular weight is 244 g/mol. The Hall–Kier alpha value is -1.83. The molecule has 0 bridgehead atoms. The summed E-state index contributed by atoms with van der Waals surface area (Å²) in [5, 5.41) is 0. The molecule has 0 aromatic heterocycles. The van der Waals surface area contributed by atoms with Gasteiger partial charge in [-0.25, -0.2) is 4.79 Å². The normalized spacial score (nSPS) is 11.2. The number of carbonyl (C=O) groups excluding carboxylic acids is 1. The number of hydrogen-bond acceptors (Lipinski definition) is 2. The van der Waals surface area contributed by atoms with Crippen LogP contribution in [0.2, 0.25) is 0 Å². The molecule has 0 spiro atoms. The zero-order valence-corrected chi connectivity index (χ0v) is 11.1. The summed E-state index contributed by atoms with van der Waals surface area (Å²) >= 11 is 0. The number of esters is 1. The third kappa shape index (κ3) is 5.00. The van der Waals surface area contributed by atoms with Crippen molar-refractivity contribution in [3.63, 3.8) is 0 Å². The summed E-state index contributed by atoms with van der Waals surface area (Å²) in [6.45, 7) is 4.35. The van der Waals surface area contributed by atoms with Crippen molar-refractivity contribution in [1.29, 1.82) is 0 Å². The Morgan fingerprint density at radius 1 is 1.17 bits per heavy atom. The molecule has 0 aliphatic carbocycles. The summed E-state index contributed by atoms with van der Waals surface area (Å²) in [6, 6.07) is 7.98. The first-order valence-electron chi connectivity index (χ1n) is 6.38. The molecule has 0 heterocycles. The molecule has 1 aromatic carbocycles. The maximum atomic E-state index is 11.3. The SMILES string of the molecule is CCCC=Cc1ccccc1C=CC(=O)OCC. The molecule has 0 aliphatic heterocycles. The minimum Gasteiger partial charge on any atom is -0.463 e. The van der Waals surface area contributed by atoms with Gasteiger partial charge in [-0.05, 0) is 30.5 Å². The molecule has 0 unspecified atom stereocenters. The largest absolute Gasteiger partial charge is 0.463 e. The van der Waals surface area contributed by atoms with E-state index in [0.717, 1.165) is 24.0 Å². The van der Waals surface area contributed by atoms with Crippen molar-refractivity contribution in [2.45, 2.75) is 26.7 Å². The Bertz CT molecular complexity index is 430. The summed E-state index contributed by atoms with van der Waals surface area (Å²) in [5.74, 6) is -0.301. The molecular weight excluding hydrogens is 224 g/mol. The van der Waals surface area contributed by atoms with Crippen LogP contribution >= 0.6 is 0 Å². The smallest absolute Gasteiger partial charge is 0.330 e. The highest BCUT2D eigenvalue weighted by molar-refractivity contribution is 5.87. The van der Waals surface area contributed by atoms with Gasteiger partial charge in [0.2, 0.25) is 0 Å². The van der Waals surface area contributed by atoms with Gasteiger partial charge in [-0.2, -0.15) is 0 Å². The lowest BCUT2D eigenvalue weighted by molar-refractivity contribution is -0.137. The van der Waals surface area contributed by atoms with Gasteiger partial charge < -0.3 is 4.74 Å². The van der Waals surface area contributed by atoms with Crippen molar-refractivity contribution in [3.8, 4) is 0 Å². The van der Waals surface area contributed by atoms with E-state index in [0.29, 0.717) is 6.61 Å². The zero-order valence-electron chi connectivity index (χ0n) is 11.1. The quantitative estimate of drug-likeness (QED) is 0.557. The predicted molar refractivity (Wildman–Crippen MR) is 76.1 cm³/mol. The number of benzene rings is 1. The van der Waals surface area contributed by atoms with Crippen LogP contribution in [0.1, 0.15) is 37.8 Å². The van der Waals surface area contributed by atoms with Crippen molar-refractivity contribution in [2.24, 2.45) is 0 Å². The number of unbranched alkanes of at least 4 members (excludes halogenated alkanes) is 1. The second-order valence-corrected chi connectivity index (χ2v) is 3.91. The van der Waals surface area contributed by atoms with Gasteiger partial charge in [0.1, 0.15) is 0 Å². The van der Waals surface area contributed by atoms with E-state index < -0.39 is 0 Å². The average Bonchev–Trinajstić information content (AvgIpc) is 2.38. The maximum absolute atomic E-state index is 11.3. The monoisotopic (exact) mass is 244 g/mol. The van der Waals surface area contributed by atoms with Crippen LogP contribution in [0.5, 0.6) is 0 Å². The minimum absolute atomic E-state index is 0.301. The number of rotatable bonds is 6. The fraction of sp³-hybridized carbons (Fsp3) is 0.312. The van der Waals surface area contributed by atoms with Crippen LogP contribution in [0.4, 0.5) is 0 Å². The summed E-state index contributed by atoms with van der Waals surface area (Å²) < 4.78 is 4.86. The van der Waals surface area contributed by atoms with Gasteiger partial charge in [0.25, 0.3) is 0 Å². The van der Waals surface area contributed by atoms with E-state index >= 15 is 0 Å². The van der Waals surface area contributed by atoms with Gasteiger partial charge in [-0.15, -0.1) is 0 Å². The van der Waals surface area contributed by atoms with Gasteiger partial charge in [-0.3, -0.25) is 0 Å². The van der Waals surface area contributed by atoms with Gasteiger partial charge >= 0.3 is 5.97 Å². The van der Waals surface area contributed by atoms with E-state index in [-0.39, 0.29) is 5.97 Å². The first-order chi connectivity index (χ1) is 8.77. The maximum Gasteiger partial charge on any atom is 0.330 e. The molecule has 0 aliphatic rings. The summed E-state index contributed by atoms with van der Waals surface area (Å²) in [7, 11) is 0. The molecule has 2 nitrogen and oxygen atoms in total. The van der Waals surface area contributed by atoms with Crippen LogP contribution < -0.4 is 0 Å². The van der Waals surface area contributed by atoms with Gasteiger partial charge in [0.15, 0.2) is 0 Å². The topological polar surface area (TPSA) is 26.3 Å². The van der Waals surface area contributed by atoms with E-state index in [1.807, 2.05) is 24.3 Å². The van der Waals surface area contributed by atoms with Crippen molar-refractivity contribution in [3.05, 3.63) is 47.5 Å². The lowest BCUT2D eigenvalue weighted by atomic mass is 10.1. The Kier molecular flexibility index (Phi) is 6.55. The third-order valence-corrected chi connectivity index (χ3v) is 2.43. The highest BCUT2D eigenvalue weighted by atomic mass is 16.5. The number of ether oxygens (including phenoxy) is 1. The highest BCUT2D eigenvalue weighted by Gasteiger charge is 1.97. The lowest BCUT2D eigenvalue weighted by Gasteiger charge is -2.00. The Morgan fingerprint density at radius 2 is 1.83 bits per heavy atom. The van der Waals surface area contributed by atoms with Gasteiger partial charge in [0, 0.05) is 6.08 Å². The molecule has 0 radical (unpaired) electrons. The molecular formula is C16H20O2. The van der Waals surface area contributed by atoms with Crippen LogP contribution in [0.15, 0.2) is 36.4 Å². The van der Waals surface area contributed by atoms with E-state index in [9.17, 15) is 4.79 Å². The molecule has 1 aromatic rings. The summed E-state index contributed by atoms with van der Waals surface area (Å²) in [6.07, 6.45) is 9.71. The Labute approximate surface area is 109 Å². The highest BCUT2D eigenvalue weighted by Crippen LogP contribution is 2.13. The molecule has 0 fully saturated rings. The summed E-state index contributed by atoms with van der Waals surface area (Å²) in [4.78, 5) is 11.3. The zero-order chi connectivity index (χ0) is 13.2. The van der Waals surface area contributed by atoms with Crippen molar-refractivity contribution >= 4 is 18.1 Å². The number of allylic oxidation sites excluding steroid dienone is 1. The first-order valence-corrected chi connectivity index (χ1v) is 6.38. The third-order valence-electron chi connectivity index (χ3n) is 2.43. The molecule has 2 heteroatoms. The standard InChI is InChI=1S/C16H20O2/c1-3-5-6-9-14-10-7-8-11-15(14)12-13-16(17)18-4-2/h6-13H,3-5H2,1-2H3. The van der Waals surface area contributed by atoms with Crippen molar-refractivity contribution < 1.29 is 9.53 Å². The molecule has 0 amide bonds. The van der Waals surface area contributed by atoms with E-state index in [2.05, 4.69) is 19.1 Å². The van der Waals surface area contributed by atoms with Gasteiger partial charge in [-0.1, -0.05) is 49.8 Å². The number of carbonyl (C=O) groups is 1. The van der Waals surface area contributed by atoms with Crippen LogP contribution in [0.3, 0.4) is 0 Å². The molecule has 18 heavy (non-hydrogen) atoms. The van der Waals surface area contributed by atoms with E-state index in [1.165, 1.54) is 6.08 Å². The molecule has 0 atom stereocenters. The van der Waals surface area contributed by atoms with Crippen LogP contribution in [-0.2, 0) is 9.53 Å². The fourth-order valence-electron chi connectivity index (χ4n) is 1.54. The second kappa shape index (κ2) is 8.29. The molecule has 0 saturated heterocycles. The van der Waals surface area contributed by atoms with Crippen LogP contribution in [0.25, 0.3) is 12.2 Å². The number of hydrogen-bond donors (Lipinski definition) is 0. The fourth-order valence-corrected chi connectivity index (χ4v) is 1.54. The first kappa shape index (κ1) is 14.2. The minimum atomic E-state index is -0.301. The van der Waals surface area contributed by atoms with E-state index in [1.54, 1.807) is 13.0 Å².